The van der Waals surface area contributed by atoms with E-state index in [2.05, 4.69) is 22.6 Å². The molecule has 15 heavy (non-hydrogen) atoms. The molecule has 1 aliphatic heterocycles. The molecular formula is C11H23N3O. The summed E-state index contributed by atoms with van der Waals surface area (Å²) in [5.41, 5.74) is 0. The van der Waals surface area contributed by atoms with Crippen molar-refractivity contribution >= 4 is 5.91 Å². The minimum Gasteiger partial charge on any atom is -0.355 e. The third-order valence-corrected chi connectivity index (χ3v) is 2.85. The van der Waals surface area contributed by atoms with E-state index in [-0.39, 0.29) is 5.91 Å². The van der Waals surface area contributed by atoms with Crippen LogP contribution in [0.4, 0.5) is 0 Å². The van der Waals surface area contributed by atoms with Crippen LogP contribution in [0.5, 0.6) is 0 Å². The summed E-state index contributed by atoms with van der Waals surface area (Å²) >= 11 is 0. The Hall–Kier alpha value is -0.610. The number of hydrogen-bond acceptors (Lipinski definition) is 3. The van der Waals surface area contributed by atoms with Gasteiger partial charge in [0.25, 0.3) is 0 Å². The van der Waals surface area contributed by atoms with E-state index >= 15 is 0 Å². The Morgan fingerprint density at radius 3 is 3.00 bits per heavy atom. The van der Waals surface area contributed by atoms with Crippen molar-refractivity contribution in [2.45, 2.75) is 19.8 Å². The summed E-state index contributed by atoms with van der Waals surface area (Å²) in [6.45, 7) is 6.43. The zero-order chi connectivity index (χ0) is 11.1. The van der Waals surface area contributed by atoms with E-state index < -0.39 is 0 Å². The lowest BCUT2D eigenvalue weighted by Crippen LogP contribution is -2.41. The molecule has 0 bridgehead atoms. The van der Waals surface area contributed by atoms with E-state index in [9.17, 15) is 4.79 Å². The molecule has 0 aliphatic carbocycles. The second kappa shape index (κ2) is 6.80. The van der Waals surface area contributed by atoms with Gasteiger partial charge in [-0.25, -0.2) is 0 Å². The Morgan fingerprint density at radius 1 is 1.53 bits per heavy atom. The van der Waals surface area contributed by atoms with Crippen LogP contribution >= 0.6 is 0 Å². The average Bonchev–Trinajstić information content (AvgIpc) is 2.23. The van der Waals surface area contributed by atoms with Gasteiger partial charge in [-0.3, -0.25) is 4.79 Å². The van der Waals surface area contributed by atoms with E-state index in [1.807, 2.05) is 6.92 Å². The van der Waals surface area contributed by atoms with Gasteiger partial charge >= 0.3 is 0 Å². The molecule has 4 heteroatoms. The van der Waals surface area contributed by atoms with Crippen LogP contribution in [-0.4, -0.2) is 50.6 Å². The van der Waals surface area contributed by atoms with Crippen molar-refractivity contribution in [1.29, 1.82) is 0 Å². The first-order valence-electron chi connectivity index (χ1n) is 5.88. The van der Waals surface area contributed by atoms with Gasteiger partial charge in [-0.05, 0) is 38.9 Å². The smallest absolute Gasteiger partial charge is 0.233 e. The van der Waals surface area contributed by atoms with Crippen molar-refractivity contribution in [2.75, 3.05) is 39.8 Å². The van der Waals surface area contributed by atoms with Gasteiger partial charge in [-0.2, -0.15) is 0 Å². The highest BCUT2D eigenvalue weighted by Crippen LogP contribution is 2.13. The summed E-state index contributed by atoms with van der Waals surface area (Å²) in [4.78, 5) is 13.7. The molecule has 0 aromatic heterocycles. The number of amides is 1. The summed E-state index contributed by atoms with van der Waals surface area (Å²) in [6.07, 6.45) is 2.50. The molecule has 1 aliphatic rings. The predicted octanol–water partition coefficient (Wildman–Crippen LogP) is 0.0539. The maximum Gasteiger partial charge on any atom is 0.233 e. The van der Waals surface area contributed by atoms with E-state index in [1.165, 1.54) is 19.4 Å². The fourth-order valence-electron chi connectivity index (χ4n) is 2.00. The highest BCUT2D eigenvalue weighted by Gasteiger charge is 2.17. The molecule has 1 heterocycles. The maximum absolute atomic E-state index is 11.3. The second-order valence-electron chi connectivity index (χ2n) is 4.35. The van der Waals surface area contributed by atoms with Crippen molar-refractivity contribution in [2.24, 2.45) is 5.92 Å². The van der Waals surface area contributed by atoms with E-state index in [0.717, 1.165) is 19.6 Å². The van der Waals surface area contributed by atoms with Crippen LogP contribution in [0.2, 0.25) is 0 Å². The van der Waals surface area contributed by atoms with Gasteiger partial charge in [0, 0.05) is 13.1 Å². The molecule has 0 aromatic carbocycles. The monoisotopic (exact) mass is 213 g/mol. The molecule has 1 saturated heterocycles. The molecule has 2 N–H and O–H groups in total. The fraction of sp³-hybridized carbons (Fsp3) is 0.909. The number of piperidine rings is 1. The number of nitrogens with one attached hydrogen (secondary N) is 2. The molecule has 0 radical (unpaired) electrons. The largest absolute Gasteiger partial charge is 0.355 e. The van der Waals surface area contributed by atoms with Crippen LogP contribution in [0.25, 0.3) is 0 Å². The molecule has 1 atom stereocenters. The van der Waals surface area contributed by atoms with E-state index in [4.69, 9.17) is 0 Å². The molecule has 88 valence electrons. The zero-order valence-corrected chi connectivity index (χ0v) is 9.88. The molecule has 1 amide bonds. The molecule has 0 aromatic rings. The average molecular weight is 213 g/mol. The van der Waals surface area contributed by atoms with Gasteiger partial charge in [-0.1, -0.05) is 6.92 Å². The predicted molar refractivity (Wildman–Crippen MR) is 61.8 cm³/mol. The highest BCUT2D eigenvalue weighted by molar-refractivity contribution is 5.77. The van der Waals surface area contributed by atoms with Crippen LogP contribution in [0.15, 0.2) is 0 Å². The van der Waals surface area contributed by atoms with Crippen LogP contribution in [0, 0.1) is 5.92 Å². The standard InChI is InChI=1S/C11H23N3O/c1-3-12-8-11(15)13-7-10-5-4-6-14(2)9-10/h10,12H,3-9H2,1-2H3,(H,13,15). The highest BCUT2D eigenvalue weighted by atomic mass is 16.1. The summed E-state index contributed by atoms with van der Waals surface area (Å²) in [7, 11) is 2.15. The lowest BCUT2D eigenvalue weighted by molar-refractivity contribution is -0.120. The van der Waals surface area contributed by atoms with Gasteiger partial charge in [0.15, 0.2) is 0 Å². The van der Waals surface area contributed by atoms with Crippen molar-refractivity contribution in [3.05, 3.63) is 0 Å². The summed E-state index contributed by atoms with van der Waals surface area (Å²) < 4.78 is 0. The lowest BCUT2D eigenvalue weighted by Gasteiger charge is -2.29. The Bertz CT molecular complexity index is 196. The molecule has 1 unspecified atom stereocenters. The minimum absolute atomic E-state index is 0.116. The zero-order valence-electron chi connectivity index (χ0n) is 9.88. The molecule has 1 rings (SSSR count). The molecular weight excluding hydrogens is 190 g/mol. The Kier molecular flexibility index (Phi) is 5.65. The maximum atomic E-state index is 11.3. The first-order valence-corrected chi connectivity index (χ1v) is 5.88. The van der Waals surface area contributed by atoms with Gasteiger partial charge in [0.05, 0.1) is 6.54 Å². The van der Waals surface area contributed by atoms with Gasteiger partial charge in [-0.15, -0.1) is 0 Å². The molecule has 0 saturated carbocycles. The van der Waals surface area contributed by atoms with Crippen molar-refractivity contribution in [1.82, 2.24) is 15.5 Å². The first kappa shape index (κ1) is 12.5. The number of likely N-dealkylation sites (N-methyl/N-ethyl adjacent to an activating group) is 1. The minimum atomic E-state index is 0.116. The van der Waals surface area contributed by atoms with Crippen LogP contribution < -0.4 is 10.6 Å². The summed E-state index contributed by atoms with van der Waals surface area (Å²) in [5, 5.41) is 6.00. The topological polar surface area (TPSA) is 44.4 Å². The van der Waals surface area contributed by atoms with Gasteiger partial charge < -0.3 is 15.5 Å². The second-order valence-corrected chi connectivity index (χ2v) is 4.35. The number of carbonyl (C=O) groups is 1. The van der Waals surface area contributed by atoms with Crippen molar-refractivity contribution in [3.8, 4) is 0 Å². The third-order valence-electron chi connectivity index (χ3n) is 2.85. The molecule has 1 fully saturated rings. The van der Waals surface area contributed by atoms with Crippen molar-refractivity contribution < 1.29 is 4.79 Å². The summed E-state index contributed by atoms with van der Waals surface area (Å²) in [5.74, 6) is 0.749. The SMILES string of the molecule is CCNCC(=O)NCC1CCCN(C)C1. The number of likely N-dealkylation sites (tertiary alicyclic amines) is 1. The van der Waals surface area contributed by atoms with Crippen LogP contribution in [-0.2, 0) is 4.79 Å². The number of carbonyl (C=O) groups excluding carboxylic acids is 1. The Labute approximate surface area is 92.4 Å². The number of hydrogen-bond donors (Lipinski definition) is 2. The van der Waals surface area contributed by atoms with Gasteiger partial charge in [0.2, 0.25) is 5.91 Å². The van der Waals surface area contributed by atoms with Gasteiger partial charge in [0.1, 0.15) is 0 Å². The van der Waals surface area contributed by atoms with Crippen LogP contribution in [0.3, 0.4) is 0 Å². The van der Waals surface area contributed by atoms with Crippen molar-refractivity contribution in [3.63, 3.8) is 0 Å². The molecule has 4 nitrogen and oxygen atoms in total. The Morgan fingerprint density at radius 2 is 2.33 bits per heavy atom. The first-order chi connectivity index (χ1) is 7.22. The Balaban J connectivity index is 2.10. The summed E-state index contributed by atoms with van der Waals surface area (Å²) in [6, 6.07) is 0. The van der Waals surface area contributed by atoms with E-state index in [0.29, 0.717) is 12.5 Å². The third kappa shape index (κ3) is 5.14. The number of rotatable bonds is 5. The van der Waals surface area contributed by atoms with E-state index in [1.54, 1.807) is 0 Å². The quantitative estimate of drug-likeness (QED) is 0.678. The fourth-order valence-corrected chi connectivity index (χ4v) is 2.00. The van der Waals surface area contributed by atoms with Crippen LogP contribution in [0.1, 0.15) is 19.8 Å². The normalized spacial score (nSPS) is 22.7. The molecule has 0 spiro atoms. The lowest BCUT2D eigenvalue weighted by atomic mass is 9.98. The number of nitrogens with zero attached hydrogens (tertiary/aromatic N) is 1.